The second-order valence-electron chi connectivity index (χ2n) is 4.70. The van der Waals surface area contributed by atoms with E-state index in [4.69, 9.17) is 0 Å². The van der Waals surface area contributed by atoms with Crippen LogP contribution < -0.4 is 5.32 Å². The van der Waals surface area contributed by atoms with E-state index in [1.54, 1.807) is 29.4 Å². The third kappa shape index (κ3) is 2.97. The standard InChI is InChI=1S/C16H14N4O/c1-12-3-2-4-13(9-12)16(21)19-14-5-6-15(18-10-14)20-8-7-17-11-20/h2-11H,1H3,(H,19,21). The molecule has 2 heterocycles. The maximum Gasteiger partial charge on any atom is 0.255 e. The number of nitrogens with zero attached hydrogens (tertiary/aromatic N) is 3. The lowest BCUT2D eigenvalue weighted by molar-refractivity contribution is 0.102. The number of anilines is 1. The van der Waals surface area contributed by atoms with Gasteiger partial charge in [0.1, 0.15) is 12.1 Å². The predicted octanol–water partition coefficient (Wildman–Crippen LogP) is 2.83. The van der Waals surface area contributed by atoms with E-state index in [0.717, 1.165) is 11.4 Å². The fourth-order valence-electron chi connectivity index (χ4n) is 2.00. The van der Waals surface area contributed by atoms with Crippen LogP contribution in [0.2, 0.25) is 0 Å². The van der Waals surface area contributed by atoms with Crippen molar-refractivity contribution >= 4 is 11.6 Å². The van der Waals surface area contributed by atoms with Crippen molar-refractivity contribution in [2.24, 2.45) is 0 Å². The molecule has 0 fully saturated rings. The molecule has 0 saturated carbocycles. The zero-order chi connectivity index (χ0) is 14.7. The molecule has 0 spiro atoms. The number of aryl methyl sites for hydroxylation is 1. The zero-order valence-electron chi connectivity index (χ0n) is 11.5. The number of hydrogen-bond donors (Lipinski definition) is 1. The molecular formula is C16H14N4O. The van der Waals surface area contributed by atoms with Crippen molar-refractivity contribution in [2.45, 2.75) is 6.92 Å². The number of benzene rings is 1. The van der Waals surface area contributed by atoms with Gasteiger partial charge in [0.2, 0.25) is 0 Å². The van der Waals surface area contributed by atoms with Crippen molar-refractivity contribution in [3.63, 3.8) is 0 Å². The molecule has 0 saturated heterocycles. The molecule has 104 valence electrons. The van der Waals surface area contributed by atoms with Crippen LogP contribution >= 0.6 is 0 Å². The molecule has 0 atom stereocenters. The van der Waals surface area contributed by atoms with E-state index < -0.39 is 0 Å². The number of hydrogen-bond acceptors (Lipinski definition) is 3. The number of amides is 1. The van der Waals surface area contributed by atoms with Crippen LogP contribution in [0.25, 0.3) is 5.82 Å². The molecule has 1 N–H and O–H groups in total. The SMILES string of the molecule is Cc1cccc(C(=O)Nc2ccc(-n3ccnc3)nc2)c1. The number of pyridine rings is 1. The average molecular weight is 278 g/mol. The van der Waals surface area contributed by atoms with Crippen molar-refractivity contribution in [1.29, 1.82) is 0 Å². The number of aromatic nitrogens is 3. The van der Waals surface area contributed by atoms with Gasteiger partial charge in [-0.15, -0.1) is 0 Å². The first-order chi connectivity index (χ1) is 10.2. The lowest BCUT2D eigenvalue weighted by Crippen LogP contribution is -2.12. The highest BCUT2D eigenvalue weighted by atomic mass is 16.1. The van der Waals surface area contributed by atoms with E-state index in [-0.39, 0.29) is 5.91 Å². The third-order valence-electron chi connectivity index (χ3n) is 3.05. The molecular weight excluding hydrogens is 264 g/mol. The molecule has 0 bridgehead atoms. The van der Waals surface area contributed by atoms with Crippen LogP contribution in [0.3, 0.4) is 0 Å². The van der Waals surface area contributed by atoms with Gasteiger partial charge in [-0.05, 0) is 31.2 Å². The smallest absolute Gasteiger partial charge is 0.255 e. The Hall–Kier alpha value is -2.95. The minimum absolute atomic E-state index is 0.143. The van der Waals surface area contributed by atoms with Gasteiger partial charge in [-0.3, -0.25) is 9.36 Å². The highest BCUT2D eigenvalue weighted by molar-refractivity contribution is 6.04. The largest absolute Gasteiger partial charge is 0.321 e. The molecule has 0 radical (unpaired) electrons. The molecule has 0 aliphatic rings. The normalized spacial score (nSPS) is 10.3. The molecule has 0 aliphatic heterocycles. The summed E-state index contributed by atoms with van der Waals surface area (Å²) in [6.07, 6.45) is 6.80. The van der Waals surface area contributed by atoms with Gasteiger partial charge >= 0.3 is 0 Å². The van der Waals surface area contributed by atoms with Gasteiger partial charge < -0.3 is 5.32 Å². The summed E-state index contributed by atoms with van der Waals surface area (Å²) in [6, 6.07) is 11.1. The number of nitrogens with one attached hydrogen (secondary N) is 1. The van der Waals surface area contributed by atoms with Crippen LogP contribution in [0.5, 0.6) is 0 Å². The van der Waals surface area contributed by atoms with Crippen molar-refractivity contribution in [1.82, 2.24) is 14.5 Å². The number of rotatable bonds is 3. The molecule has 3 rings (SSSR count). The summed E-state index contributed by atoms with van der Waals surface area (Å²) < 4.78 is 1.80. The monoisotopic (exact) mass is 278 g/mol. The van der Waals surface area contributed by atoms with E-state index in [1.165, 1.54) is 0 Å². The second-order valence-corrected chi connectivity index (χ2v) is 4.70. The Balaban J connectivity index is 1.75. The van der Waals surface area contributed by atoms with Crippen molar-refractivity contribution in [3.8, 4) is 5.82 Å². The molecule has 21 heavy (non-hydrogen) atoms. The van der Waals surface area contributed by atoms with Crippen LogP contribution in [-0.2, 0) is 0 Å². The summed E-state index contributed by atoms with van der Waals surface area (Å²) in [5.41, 5.74) is 2.34. The van der Waals surface area contributed by atoms with Crippen LogP contribution in [0, 0.1) is 6.92 Å². The second kappa shape index (κ2) is 5.58. The summed E-state index contributed by atoms with van der Waals surface area (Å²) in [7, 11) is 0. The highest BCUT2D eigenvalue weighted by Gasteiger charge is 2.06. The summed E-state index contributed by atoms with van der Waals surface area (Å²) in [5.74, 6) is 0.608. The molecule has 3 aromatic rings. The Morgan fingerprint density at radius 2 is 2.14 bits per heavy atom. The predicted molar refractivity (Wildman–Crippen MR) is 80.5 cm³/mol. The minimum atomic E-state index is -0.143. The zero-order valence-corrected chi connectivity index (χ0v) is 11.5. The van der Waals surface area contributed by atoms with Gasteiger partial charge in [-0.2, -0.15) is 0 Å². The maximum absolute atomic E-state index is 12.1. The first-order valence-corrected chi connectivity index (χ1v) is 6.55. The fraction of sp³-hybridized carbons (Fsp3) is 0.0625. The number of carbonyl (C=O) groups is 1. The van der Waals surface area contributed by atoms with Crippen LogP contribution in [0.4, 0.5) is 5.69 Å². The van der Waals surface area contributed by atoms with E-state index >= 15 is 0 Å². The number of imidazole rings is 1. The van der Waals surface area contributed by atoms with E-state index in [2.05, 4.69) is 15.3 Å². The molecule has 0 unspecified atom stereocenters. The number of carbonyl (C=O) groups excluding carboxylic acids is 1. The topological polar surface area (TPSA) is 59.8 Å². The van der Waals surface area contributed by atoms with Crippen LogP contribution in [0.1, 0.15) is 15.9 Å². The summed E-state index contributed by atoms with van der Waals surface area (Å²) >= 11 is 0. The van der Waals surface area contributed by atoms with E-state index in [0.29, 0.717) is 11.3 Å². The van der Waals surface area contributed by atoms with Gasteiger partial charge in [-0.25, -0.2) is 9.97 Å². The summed E-state index contributed by atoms with van der Waals surface area (Å²) in [4.78, 5) is 20.4. The Morgan fingerprint density at radius 3 is 2.81 bits per heavy atom. The lowest BCUT2D eigenvalue weighted by atomic mass is 10.1. The van der Waals surface area contributed by atoms with Gasteiger partial charge in [0.15, 0.2) is 0 Å². The Labute approximate surface area is 122 Å². The molecule has 1 amide bonds. The minimum Gasteiger partial charge on any atom is -0.321 e. The average Bonchev–Trinajstić information content (AvgIpc) is 3.02. The first kappa shape index (κ1) is 13.1. The Morgan fingerprint density at radius 1 is 1.24 bits per heavy atom. The van der Waals surface area contributed by atoms with Gasteiger partial charge in [0.05, 0.1) is 11.9 Å². The maximum atomic E-state index is 12.1. The van der Waals surface area contributed by atoms with Crippen LogP contribution in [-0.4, -0.2) is 20.4 Å². The van der Waals surface area contributed by atoms with Gasteiger partial charge in [0, 0.05) is 18.0 Å². The van der Waals surface area contributed by atoms with Gasteiger partial charge in [-0.1, -0.05) is 17.7 Å². The third-order valence-corrected chi connectivity index (χ3v) is 3.05. The van der Waals surface area contributed by atoms with Gasteiger partial charge in [0.25, 0.3) is 5.91 Å². The summed E-state index contributed by atoms with van der Waals surface area (Å²) in [5, 5.41) is 2.83. The summed E-state index contributed by atoms with van der Waals surface area (Å²) in [6.45, 7) is 1.96. The lowest BCUT2D eigenvalue weighted by Gasteiger charge is -2.07. The van der Waals surface area contributed by atoms with Crippen molar-refractivity contribution in [2.75, 3.05) is 5.32 Å². The first-order valence-electron chi connectivity index (χ1n) is 6.55. The molecule has 5 heteroatoms. The van der Waals surface area contributed by atoms with Crippen LogP contribution in [0.15, 0.2) is 61.3 Å². The molecule has 2 aromatic heterocycles. The highest BCUT2D eigenvalue weighted by Crippen LogP contribution is 2.12. The van der Waals surface area contributed by atoms with E-state index in [1.807, 2.05) is 43.5 Å². The Bertz CT molecular complexity index is 748. The molecule has 0 aliphatic carbocycles. The molecule has 1 aromatic carbocycles. The quantitative estimate of drug-likeness (QED) is 0.801. The Kier molecular flexibility index (Phi) is 3.47. The molecule has 5 nitrogen and oxygen atoms in total. The van der Waals surface area contributed by atoms with Crippen molar-refractivity contribution < 1.29 is 4.79 Å². The van der Waals surface area contributed by atoms with Crippen molar-refractivity contribution in [3.05, 3.63) is 72.4 Å². The fourth-order valence-corrected chi connectivity index (χ4v) is 2.00. The van der Waals surface area contributed by atoms with E-state index in [9.17, 15) is 4.79 Å².